The summed E-state index contributed by atoms with van der Waals surface area (Å²) in [5.74, 6) is -0.358. The summed E-state index contributed by atoms with van der Waals surface area (Å²) >= 11 is 5.83. The van der Waals surface area contributed by atoms with E-state index in [2.05, 4.69) is 10.2 Å². The first-order valence-corrected chi connectivity index (χ1v) is 7.93. The predicted octanol–water partition coefficient (Wildman–Crippen LogP) is 3.66. The summed E-state index contributed by atoms with van der Waals surface area (Å²) in [5, 5.41) is 19.1. The Hall–Kier alpha value is -3.46. The van der Waals surface area contributed by atoms with Crippen molar-refractivity contribution in [1.29, 1.82) is 0 Å². The van der Waals surface area contributed by atoms with Gasteiger partial charge in [0.25, 0.3) is 11.6 Å². The van der Waals surface area contributed by atoms with Crippen LogP contribution in [0.1, 0.15) is 16.2 Å². The molecule has 2 aromatic carbocycles. The van der Waals surface area contributed by atoms with Gasteiger partial charge in [-0.25, -0.2) is 4.79 Å². The van der Waals surface area contributed by atoms with Gasteiger partial charge < -0.3 is 13.9 Å². The fourth-order valence-electron chi connectivity index (χ4n) is 2.20. The summed E-state index contributed by atoms with van der Waals surface area (Å²) < 4.78 is 15.6. The summed E-state index contributed by atoms with van der Waals surface area (Å²) in [5.41, 5.74) is 0.319. The molecule has 10 heteroatoms. The molecule has 0 spiro atoms. The lowest BCUT2D eigenvalue weighted by molar-refractivity contribution is -0.384. The molecular formula is C17H12ClN3O6. The number of hydrogen-bond acceptors (Lipinski definition) is 8. The molecule has 0 bridgehead atoms. The van der Waals surface area contributed by atoms with Crippen LogP contribution in [0.4, 0.5) is 5.69 Å². The Morgan fingerprint density at radius 3 is 2.63 bits per heavy atom. The number of methoxy groups -OCH3 is 1. The van der Waals surface area contributed by atoms with Crippen LogP contribution in [0, 0.1) is 10.1 Å². The average Bonchev–Trinajstić information content (AvgIpc) is 3.15. The Morgan fingerprint density at radius 1 is 1.22 bits per heavy atom. The molecule has 3 aromatic rings. The number of aromatic nitrogens is 2. The minimum absolute atomic E-state index is 0.0673. The fourth-order valence-corrected chi connectivity index (χ4v) is 2.32. The number of rotatable bonds is 6. The van der Waals surface area contributed by atoms with E-state index in [1.165, 1.54) is 19.2 Å². The van der Waals surface area contributed by atoms with Gasteiger partial charge >= 0.3 is 5.97 Å². The first-order chi connectivity index (χ1) is 13.0. The average molecular weight is 390 g/mol. The first kappa shape index (κ1) is 18.3. The van der Waals surface area contributed by atoms with Crippen LogP contribution < -0.4 is 4.74 Å². The van der Waals surface area contributed by atoms with Crippen molar-refractivity contribution in [2.75, 3.05) is 7.11 Å². The second-order valence-electron chi connectivity index (χ2n) is 5.23. The third kappa shape index (κ3) is 4.21. The van der Waals surface area contributed by atoms with Crippen LogP contribution in [0.2, 0.25) is 5.02 Å². The second-order valence-corrected chi connectivity index (χ2v) is 5.66. The lowest BCUT2D eigenvalue weighted by atomic mass is 10.2. The quantitative estimate of drug-likeness (QED) is 0.356. The lowest BCUT2D eigenvalue weighted by Gasteiger charge is -2.07. The largest absolute Gasteiger partial charge is 0.496 e. The van der Waals surface area contributed by atoms with Gasteiger partial charge in [-0.15, -0.1) is 10.2 Å². The van der Waals surface area contributed by atoms with Gasteiger partial charge in [0.1, 0.15) is 11.3 Å². The zero-order chi connectivity index (χ0) is 19.4. The second kappa shape index (κ2) is 7.83. The molecule has 0 fully saturated rings. The fraction of sp³-hybridized carbons (Fsp3) is 0.118. The predicted molar refractivity (Wildman–Crippen MR) is 93.5 cm³/mol. The molecule has 0 atom stereocenters. The minimum Gasteiger partial charge on any atom is -0.496 e. The molecule has 0 aliphatic heterocycles. The summed E-state index contributed by atoms with van der Waals surface area (Å²) in [4.78, 5) is 22.5. The molecule has 138 valence electrons. The van der Waals surface area contributed by atoms with Gasteiger partial charge in [-0.3, -0.25) is 10.1 Å². The number of benzene rings is 2. The summed E-state index contributed by atoms with van der Waals surface area (Å²) in [6, 6.07) is 10.4. The minimum atomic E-state index is -0.818. The molecule has 1 heterocycles. The lowest BCUT2D eigenvalue weighted by Crippen LogP contribution is -2.08. The van der Waals surface area contributed by atoms with Gasteiger partial charge in [0.05, 0.1) is 12.0 Å². The van der Waals surface area contributed by atoms with Gasteiger partial charge in [-0.2, -0.15) is 0 Å². The van der Waals surface area contributed by atoms with E-state index in [0.717, 1.165) is 6.07 Å². The maximum absolute atomic E-state index is 12.3. The highest BCUT2D eigenvalue weighted by Crippen LogP contribution is 2.25. The van der Waals surface area contributed by atoms with Crippen LogP contribution in [0.5, 0.6) is 5.75 Å². The Bertz CT molecular complexity index is 987. The van der Waals surface area contributed by atoms with Gasteiger partial charge in [0, 0.05) is 22.7 Å². The van der Waals surface area contributed by atoms with Crippen molar-refractivity contribution in [2.24, 2.45) is 0 Å². The molecule has 0 aliphatic carbocycles. The molecule has 0 amide bonds. The number of nitrogens with zero attached hydrogens (tertiary/aromatic N) is 3. The maximum atomic E-state index is 12.3. The van der Waals surface area contributed by atoms with E-state index in [-0.39, 0.29) is 35.4 Å². The van der Waals surface area contributed by atoms with Crippen molar-refractivity contribution >= 4 is 23.3 Å². The van der Waals surface area contributed by atoms with E-state index in [9.17, 15) is 14.9 Å². The van der Waals surface area contributed by atoms with E-state index in [1.54, 1.807) is 24.3 Å². The van der Waals surface area contributed by atoms with E-state index in [0.29, 0.717) is 10.6 Å². The van der Waals surface area contributed by atoms with Crippen LogP contribution in [0.3, 0.4) is 0 Å². The number of carbonyl (C=O) groups excluding carboxylic acids is 1. The molecule has 0 unspecified atom stereocenters. The van der Waals surface area contributed by atoms with E-state index in [4.69, 9.17) is 25.5 Å². The van der Waals surface area contributed by atoms with Crippen molar-refractivity contribution in [2.45, 2.75) is 6.61 Å². The van der Waals surface area contributed by atoms with Crippen LogP contribution in [-0.4, -0.2) is 28.2 Å². The number of esters is 1. The number of nitro groups is 1. The van der Waals surface area contributed by atoms with E-state index < -0.39 is 10.9 Å². The summed E-state index contributed by atoms with van der Waals surface area (Å²) in [6.45, 7) is -0.300. The van der Waals surface area contributed by atoms with Crippen molar-refractivity contribution in [1.82, 2.24) is 10.2 Å². The summed E-state index contributed by atoms with van der Waals surface area (Å²) in [7, 11) is 1.34. The SMILES string of the molecule is COc1ccc([N+](=O)[O-])cc1C(=O)OCc1nnc(-c2ccc(Cl)cc2)o1. The topological polar surface area (TPSA) is 118 Å². The molecule has 0 saturated carbocycles. The van der Waals surface area contributed by atoms with Crippen molar-refractivity contribution in [3.63, 3.8) is 0 Å². The molecule has 0 saturated heterocycles. The molecular weight excluding hydrogens is 378 g/mol. The monoisotopic (exact) mass is 389 g/mol. The summed E-state index contributed by atoms with van der Waals surface area (Å²) in [6.07, 6.45) is 0. The Labute approximate surface area is 157 Å². The smallest absolute Gasteiger partial charge is 0.342 e. The van der Waals surface area contributed by atoms with Crippen LogP contribution in [0.15, 0.2) is 46.9 Å². The highest BCUT2D eigenvalue weighted by molar-refractivity contribution is 6.30. The first-order valence-electron chi connectivity index (χ1n) is 7.56. The Balaban J connectivity index is 1.72. The van der Waals surface area contributed by atoms with E-state index in [1.807, 2.05) is 0 Å². The van der Waals surface area contributed by atoms with Crippen LogP contribution in [0.25, 0.3) is 11.5 Å². The van der Waals surface area contributed by atoms with Crippen LogP contribution in [-0.2, 0) is 11.3 Å². The number of carbonyl (C=O) groups is 1. The number of non-ortho nitro benzene ring substituents is 1. The molecule has 27 heavy (non-hydrogen) atoms. The van der Waals surface area contributed by atoms with Gasteiger partial charge in [0.2, 0.25) is 5.89 Å². The Morgan fingerprint density at radius 2 is 1.96 bits per heavy atom. The van der Waals surface area contributed by atoms with Crippen molar-refractivity contribution < 1.29 is 23.6 Å². The third-order valence-corrected chi connectivity index (χ3v) is 3.75. The zero-order valence-electron chi connectivity index (χ0n) is 13.9. The zero-order valence-corrected chi connectivity index (χ0v) is 14.7. The highest BCUT2D eigenvalue weighted by Gasteiger charge is 2.20. The molecule has 9 nitrogen and oxygen atoms in total. The molecule has 0 aliphatic rings. The molecule has 3 rings (SSSR count). The number of ether oxygens (including phenoxy) is 2. The van der Waals surface area contributed by atoms with Gasteiger partial charge in [-0.05, 0) is 30.3 Å². The normalized spacial score (nSPS) is 10.4. The van der Waals surface area contributed by atoms with E-state index >= 15 is 0 Å². The number of halogens is 1. The molecule has 0 radical (unpaired) electrons. The number of hydrogen-bond donors (Lipinski definition) is 0. The third-order valence-electron chi connectivity index (χ3n) is 3.50. The standard InChI is InChI=1S/C17H12ClN3O6/c1-25-14-7-6-12(21(23)24)8-13(14)17(22)26-9-15-19-20-16(27-15)10-2-4-11(18)5-3-10/h2-8H,9H2,1H3. The maximum Gasteiger partial charge on any atom is 0.342 e. The molecule has 1 aromatic heterocycles. The Kier molecular flexibility index (Phi) is 5.32. The van der Waals surface area contributed by atoms with Crippen LogP contribution >= 0.6 is 11.6 Å². The van der Waals surface area contributed by atoms with Crippen molar-refractivity contribution in [3.8, 4) is 17.2 Å². The van der Waals surface area contributed by atoms with Gasteiger partial charge in [0.15, 0.2) is 6.61 Å². The number of nitro benzene ring substituents is 1. The molecule has 0 N–H and O–H groups in total. The highest BCUT2D eigenvalue weighted by atomic mass is 35.5. The van der Waals surface area contributed by atoms with Gasteiger partial charge in [-0.1, -0.05) is 11.6 Å². The van der Waals surface area contributed by atoms with Crippen molar-refractivity contribution in [3.05, 3.63) is 69.1 Å².